The molecule has 2 aromatic heterocycles. The number of anilines is 2. The lowest BCUT2D eigenvalue weighted by molar-refractivity contribution is 0.410. The van der Waals surface area contributed by atoms with E-state index >= 15 is 0 Å². The lowest BCUT2D eigenvalue weighted by Gasteiger charge is -2.26. The number of aromatic nitrogens is 4. The Hall–Kier alpha value is -3.34. The van der Waals surface area contributed by atoms with Crippen LogP contribution in [0.3, 0.4) is 0 Å². The molecule has 4 N–H and O–H groups in total. The number of hydrogen-bond donors (Lipinski definition) is 3. The highest BCUT2D eigenvalue weighted by molar-refractivity contribution is 7.92. The molecule has 36 heavy (non-hydrogen) atoms. The maximum absolute atomic E-state index is 12.7. The van der Waals surface area contributed by atoms with Crippen LogP contribution in [-0.4, -0.2) is 40.4 Å². The zero-order valence-electron chi connectivity index (χ0n) is 19.6. The third-order valence-electron chi connectivity index (χ3n) is 6.33. The molecule has 0 amide bonds. The van der Waals surface area contributed by atoms with Gasteiger partial charge in [0.15, 0.2) is 0 Å². The first kappa shape index (κ1) is 24.4. The number of sulfonamides is 1. The molecule has 0 unspecified atom stereocenters. The highest BCUT2D eigenvalue weighted by Gasteiger charge is 2.20. The molecular formula is C25H26ClN7O2S. The molecule has 9 nitrogen and oxygen atoms in total. The maximum Gasteiger partial charge on any atom is 0.265 e. The first-order valence-electron chi connectivity index (χ1n) is 11.7. The van der Waals surface area contributed by atoms with Crippen molar-refractivity contribution in [2.24, 2.45) is 5.73 Å². The normalized spacial score (nSPS) is 18.2. The van der Waals surface area contributed by atoms with Crippen molar-refractivity contribution in [3.8, 4) is 11.1 Å². The summed E-state index contributed by atoms with van der Waals surface area (Å²) in [5.41, 5.74) is 9.10. The number of aryl methyl sites for hydroxylation is 1. The molecule has 1 fully saturated rings. The predicted octanol–water partition coefficient (Wildman–Crippen LogP) is 4.53. The minimum atomic E-state index is -3.92. The second kappa shape index (κ2) is 9.96. The van der Waals surface area contributed by atoms with Crippen molar-refractivity contribution in [1.82, 2.24) is 19.9 Å². The molecule has 5 rings (SSSR count). The van der Waals surface area contributed by atoms with E-state index in [0.29, 0.717) is 23.7 Å². The highest BCUT2D eigenvalue weighted by atomic mass is 35.5. The second-order valence-corrected chi connectivity index (χ2v) is 11.0. The van der Waals surface area contributed by atoms with Gasteiger partial charge in [0.05, 0.1) is 16.2 Å². The molecule has 1 aliphatic rings. The molecule has 186 valence electrons. The highest BCUT2D eigenvalue weighted by Crippen LogP contribution is 2.28. The van der Waals surface area contributed by atoms with E-state index in [0.717, 1.165) is 47.7 Å². The third kappa shape index (κ3) is 5.25. The van der Waals surface area contributed by atoms with Crippen LogP contribution in [0.4, 0.5) is 11.9 Å². The van der Waals surface area contributed by atoms with Crippen molar-refractivity contribution < 1.29 is 8.42 Å². The van der Waals surface area contributed by atoms with Crippen LogP contribution in [0.25, 0.3) is 22.0 Å². The van der Waals surface area contributed by atoms with Crippen LogP contribution in [0.5, 0.6) is 0 Å². The number of hydrogen-bond acceptors (Lipinski definition) is 8. The topological polar surface area (TPSA) is 136 Å². The van der Waals surface area contributed by atoms with Crippen molar-refractivity contribution in [3.05, 3.63) is 65.6 Å². The number of rotatable bonds is 6. The lowest BCUT2D eigenvalue weighted by atomic mass is 9.92. The van der Waals surface area contributed by atoms with Crippen molar-refractivity contribution in [1.29, 1.82) is 0 Å². The van der Waals surface area contributed by atoms with Gasteiger partial charge in [-0.3, -0.25) is 0 Å². The fourth-order valence-electron chi connectivity index (χ4n) is 4.35. The monoisotopic (exact) mass is 523 g/mol. The fourth-order valence-corrected chi connectivity index (χ4v) is 5.83. The molecular weight excluding hydrogens is 498 g/mol. The average Bonchev–Trinajstić information content (AvgIpc) is 2.85. The largest absolute Gasteiger partial charge is 0.351 e. The standard InChI is InChI=1S/C25H26ClN7O2S/c1-15-20(14-29-25(30-15)33-36(34,35)23-5-3-2-4-21(23)26)16-6-11-22-17(12-16)13-28-24(32-22)31-19-9-7-18(27)8-10-19/h2-6,11-14,18-19H,7-10,27H2,1H3,(H,28,31,32)(H,29,30,33)/t18-,19-. The summed E-state index contributed by atoms with van der Waals surface area (Å²) in [5.74, 6) is 0.588. The summed E-state index contributed by atoms with van der Waals surface area (Å²) in [6, 6.07) is 12.7. The maximum atomic E-state index is 12.7. The summed E-state index contributed by atoms with van der Waals surface area (Å²) in [7, 11) is -3.92. The van der Waals surface area contributed by atoms with Crippen molar-refractivity contribution >= 4 is 44.4 Å². The number of nitrogens with two attached hydrogens (primary N) is 1. The molecule has 0 radical (unpaired) electrons. The third-order valence-corrected chi connectivity index (χ3v) is 8.15. The van der Waals surface area contributed by atoms with Crippen LogP contribution < -0.4 is 15.8 Å². The van der Waals surface area contributed by atoms with Gasteiger partial charge in [-0.25, -0.2) is 33.1 Å². The zero-order valence-corrected chi connectivity index (χ0v) is 21.2. The van der Waals surface area contributed by atoms with E-state index in [1.807, 2.05) is 18.2 Å². The molecule has 0 aliphatic heterocycles. The summed E-state index contributed by atoms with van der Waals surface area (Å²) < 4.78 is 27.8. The van der Waals surface area contributed by atoms with Gasteiger partial charge in [0.1, 0.15) is 4.90 Å². The smallest absolute Gasteiger partial charge is 0.265 e. The SMILES string of the molecule is Cc1nc(NS(=O)(=O)c2ccccc2Cl)ncc1-c1ccc2nc(N[C@H]3CC[C@H](N)CC3)ncc2c1. The summed E-state index contributed by atoms with van der Waals surface area (Å²) in [6.07, 6.45) is 7.45. The molecule has 1 aliphatic carbocycles. The van der Waals surface area contributed by atoms with Crippen LogP contribution in [-0.2, 0) is 10.0 Å². The summed E-state index contributed by atoms with van der Waals surface area (Å²) in [4.78, 5) is 17.7. The van der Waals surface area contributed by atoms with E-state index in [1.54, 1.807) is 31.5 Å². The lowest BCUT2D eigenvalue weighted by Crippen LogP contribution is -2.33. The van der Waals surface area contributed by atoms with Gasteiger partial charge in [-0.05, 0) is 62.4 Å². The molecule has 0 bridgehead atoms. The minimum Gasteiger partial charge on any atom is -0.351 e. The van der Waals surface area contributed by atoms with Gasteiger partial charge in [0.25, 0.3) is 10.0 Å². The summed E-state index contributed by atoms with van der Waals surface area (Å²) in [5, 5.41) is 4.43. The van der Waals surface area contributed by atoms with Gasteiger partial charge in [-0.2, -0.15) is 0 Å². The van der Waals surface area contributed by atoms with Crippen LogP contribution in [0, 0.1) is 6.92 Å². The van der Waals surface area contributed by atoms with Crippen LogP contribution in [0.2, 0.25) is 5.02 Å². The van der Waals surface area contributed by atoms with Crippen LogP contribution in [0.15, 0.2) is 59.8 Å². The molecule has 11 heteroatoms. The quantitative estimate of drug-likeness (QED) is 0.335. The van der Waals surface area contributed by atoms with Crippen LogP contribution in [0.1, 0.15) is 31.4 Å². The fraction of sp³-hybridized carbons (Fsp3) is 0.280. The van der Waals surface area contributed by atoms with E-state index in [1.165, 1.54) is 12.1 Å². The Morgan fingerprint density at radius 2 is 1.72 bits per heavy atom. The minimum absolute atomic E-state index is 0.0281. The van der Waals surface area contributed by atoms with Crippen molar-refractivity contribution in [2.75, 3.05) is 10.0 Å². The number of benzene rings is 2. The molecule has 4 aromatic rings. The van der Waals surface area contributed by atoms with Gasteiger partial charge in [0.2, 0.25) is 11.9 Å². The number of fused-ring (bicyclic) bond motifs is 1. The number of nitrogens with zero attached hydrogens (tertiary/aromatic N) is 4. The Bertz CT molecular complexity index is 1520. The number of halogens is 1. The molecule has 2 aromatic carbocycles. The van der Waals surface area contributed by atoms with Crippen molar-refractivity contribution in [3.63, 3.8) is 0 Å². The summed E-state index contributed by atoms with van der Waals surface area (Å²) in [6.45, 7) is 1.80. The molecule has 2 heterocycles. The summed E-state index contributed by atoms with van der Waals surface area (Å²) >= 11 is 6.04. The molecule has 1 saturated carbocycles. The molecule has 0 spiro atoms. The van der Waals surface area contributed by atoms with Crippen molar-refractivity contribution in [2.45, 2.75) is 49.6 Å². The zero-order chi connectivity index (χ0) is 25.3. The van der Waals surface area contributed by atoms with Gasteiger partial charge in [-0.15, -0.1) is 0 Å². The Morgan fingerprint density at radius 1 is 0.972 bits per heavy atom. The predicted molar refractivity (Wildman–Crippen MR) is 141 cm³/mol. The Labute approximate surface area is 214 Å². The molecule has 0 saturated heterocycles. The Kier molecular flexibility index (Phi) is 6.74. The van der Waals surface area contributed by atoms with E-state index in [4.69, 9.17) is 17.3 Å². The Morgan fingerprint density at radius 3 is 2.47 bits per heavy atom. The first-order chi connectivity index (χ1) is 17.3. The van der Waals surface area contributed by atoms with Crippen LogP contribution >= 0.6 is 11.6 Å². The van der Waals surface area contributed by atoms with E-state index in [9.17, 15) is 8.42 Å². The van der Waals surface area contributed by atoms with Gasteiger partial charge < -0.3 is 11.1 Å². The van der Waals surface area contributed by atoms with E-state index in [-0.39, 0.29) is 15.9 Å². The first-order valence-corrected chi connectivity index (χ1v) is 13.5. The second-order valence-electron chi connectivity index (χ2n) is 8.95. The Balaban J connectivity index is 1.34. The van der Waals surface area contributed by atoms with Gasteiger partial charge >= 0.3 is 0 Å². The number of nitrogens with one attached hydrogen (secondary N) is 2. The van der Waals surface area contributed by atoms with Gasteiger partial charge in [-0.1, -0.05) is 29.8 Å². The van der Waals surface area contributed by atoms with Gasteiger partial charge in [0, 0.05) is 35.4 Å². The van der Waals surface area contributed by atoms with E-state index < -0.39 is 10.0 Å². The van der Waals surface area contributed by atoms with E-state index in [2.05, 4.69) is 30.0 Å². The average molecular weight is 524 g/mol. The molecule has 0 atom stereocenters.